The molecule has 0 unspecified atom stereocenters. The van der Waals surface area contributed by atoms with Gasteiger partial charge in [-0.3, -0.25) is 9.48 Å². The zero-order valence-electron chi connectivity index (χ0n) is 21.4. The molecule has 11 nitrogen and oxygen atoms in total. The summed E-state index contributed by atoms with van der Waals surface area (Å²) in [7, 11) is 1.62. The van der Waals surface area contributed by atoms with Crippen LogP contribution in [-0.4, -0.2) is 54.6 Å². The van der Waals surface area contributed by atoms with Gasteiger partial charge in [0, 0.05) is 44.5 Å². The highest BCUT2D eigenvalue weighted by Crippen LogP contribution is 2.46. The summed E-state index contributed by atoms with van der Waals surface area (Å²) in [5, 5.41) is 9.31. The number of nitrogens with zero attached hydrogens (tertiary/aromatic N) is 6. The number of fused-ring (bicyclic) bond motifs is 1. The molecule has 4 aromatic heterocycles. The van der Waals surface area contributed by atoms with E-state index in [1.54, 1.807) is 24.6 Å². The number of ether oxygens (including phenoxy) is 2. The summed E-state index contributed by atoms with van der Waals surface area (Å²) in [5.74, 6) is -4.54. The van der Waals surface area contributed by atoms with Crippen molar-refractivity contribution < 1.29 is 36.2 Å². The number of aromatic nitrogens is 6. The molecule has 0 radical (unpaired) electrons. The van der Waals surface area contributed by atoms with Crippen molar-refractivity contribution in [3.8, 4) is 11.5 Å². The highest BCUT2D eigenvalue weighted by Gasteiger charge is 2.61. The standard InChI is InChI=1S/C24H23F5N8O3/c1-12-16(40-15-4-6-30-18(8-15)32-13(2)38)10-31-21-20(12)36(3)22(34-21)33-19-9-17(23(25,26)24(27,28)29)37(35-19)14-5-7-39-11-14/h4,6,8-10,14H,5,7,11H2,1-3H3,(H,30,32,38)(H,31,33,34,35)/t14-/m1/s1. The number of alkyl halides is 5. The van der Waals surface area contributed by atoms with Crippen molar-refractivity contribution in [2.45, 2.75) is 38.4 Å². The molecule has 0 aromatic carbocycles. The summed E-state index contributed by atoms with van der Waals surface area (Å²) < 4.78 is 81.9. The second kappa shape index (κ2) is 10.0. The summed E-state index contributed by atoms with van der Waals surface area (Å²) in [5.41, 5.74) is 0.107. The lowest BCUT2D eigenvalue weighted by molar-refractivity contribution is -0.292. The Bertz CT molecular complexity index is 1580. The van der Waals surface area contributed by atoms with Gasteiger partial charge in [0.25, 0.3) is 0 Å². The van der Waals surface area contributed by atoms with E-state index in [9.17, 15) is 26.7 Å². The van der Waals surface area contributed by atoms with Gasteiger partial charge in [-0.15, -0.1) is 0 Å². The largest absolute Gasteiger partial charge is 0.459 e. The first-order valence-corrected chi connectivity index (χ1v) is 12.0. The second-order valence-electron chi connectivity index (χ2n) is 9.15. The number of carbonyl (C=O) groups excluding carboxylic acids is 1. The lowest BCUT2D eigenvalue weighted by atomic mass is 10.2. The van der Waals surface area contributed by atoms with Gasteiger partial charge in [0.1, 0.15) is 17.3 Å². The van der Waals surface area contributed by atoms with E-state index in [0.717, 1.165) is 0 Å². The maximum absolute atomic E-state index is 14.4. The third-order valence-corrected chi connectivity index (χ3v) is 6.27. The normalized spacial score (nSPS) is 15.9. The topological polar surface area (TPSA) is 121 Å². The molecule has 1 fully saturated rings. The first kappa shape index (κ1) is 27.2. The van der Waals surface area contributed by atoms with E-state index in [4.69, 9.17) is 9.47 Å². The number of imidazole rings is 1. The molecule has 40 heavy (non-hydrogen) atoms. The minimum atomic E-state index is -5.81. The van der Waals surface area contributed by atoms with Crippen LogP contribution in [0.15, 0.2) is 30.6 Å². The van der Waals surface area contributed by atoms with Crippen LogP contribution in [0, 0.1) is 6.92 Å². The van der Waals surface area contributed by atoms with Crippen LogP contribution < -0.4 is 15.4 Å². The predicted octanol–water partition coefficient (Wildman–Crippen LogP) is 4.98. The van der Waals surface area contributed by atoms with Crippen molar-refractivity contribution in [2.24, 2.45) is 7.05 Å². The van der Waals surface area contributed by atoms with Gasteiger partial charge in [0.15, 0.2) is 17.2 Å². The number of anilines is 3. The fourth-order valence-electron chi connectivity index (χ4n) is 4.33. The zero-order valence-corrected chi connectivity index (χ0v) is 21.4. The van der Waals surface area contributed by atoms with Crippen LogP contribution in [0.3, 0.4) is 0 Å². The van der Waals surface area contributed by atoms with Crippen LogP contribution in [0.5, 0.6) is 11.5 Å². The Balaban J connectivity index is 1.47. The van der Waals surface area contributed by atoms with Crippen molar-refractivity contribution in [2.75, 3.05) is 23.8 Å². The lowest BCUT2D eigenvalue weighted by Gasteiger charge is -2.22. The maximum Gasteiger partial charge on any atom is 0.459 e. The minimum Gasteiger partial charge on any atom is -0.455 e. The molecule has 1 amide bonds. The van der Waals surface area contributed by atoms with Crippen LogP contribution >= 0.6 is 0 Å². The first-order chi connectivity index (χ1) is 18.8. The molecular weight excluding hydrogens is 543 g/mol. The molecule has 5 heterocycles. The monoisotopic (exact) mass is 566 g/mol. The van der Waals surface area contributed by atoms with E-state index in [2.05, 4.69) is 30.7 Å². The van der Waals surface area contributed by atoms with Crippen LogP contribution in [0.2, 0.25) is 0 Å². The molecule has 0 saturated carbocycles. The number of aryl methyl sites for hydroxylation is 2. The van der Waals surface area contributed by atoms with E-state index >= 15 is 0 Å². The van der Waals surface area contributed by atoms with Crippen molar-refractivity contribution in [1.29, 1.82) is 0 Å². The zero-order chi connectivity index (χ0) is 28.8. The molecule has 4 aromatic rings. The summed E-state index contributed by atoms with van der Waals surface area (Å²) in [4.78, 5) is 24.0. The molecular formula is C24H23F5N8O3. The Labute approximate surface area is 223 Å². The van der Waals surface area contributed by atoms with Crippen molar-refractivity contribution in [1.82, 2.24) is 29.3 Å². The van der Waals surface area contributed by atoms with Gasteiger partial charge >= 0.3 is 12.1 Å². The van der Waals surface area contributed by atoms with E-state index < -0.39 is 23.8 Å². The number of rotatable bonds is 7. The predicted molar refractivity (Wildman–Crippen MR) is 132 cm³/mol. The van der Waals surface area contributed by atoms with Gasteiger partial charge in [-0.25, -0.2) is 9.97 Å². The summed E-state index contributed by atoms with van der Waals surface area (Å²) in [6.45, 7) is 3.28. The van der Waals surface area contributed by atoms with Gasteiger partial charge in [-0.2, -0.15) is 32.0 Å². The number of pyridine rings is 2. The summed E-state index contributed by atoms with van der Waals surface area (Å²) in [6, 6.07) is 3.00. The Kier molecular flexibility index (Phi) is 6.81. The average Bonchev–Trinajstić information content (AvgIpc) is 3.60. The summed E-state index contributed by atoms with van der Waals surface area (Å²) in [6.07, 6.45) is -2.68. The Morgan fingerprint density at radius 1 is 1.18 bits per heavy atom. The van der Waals surface area contributed by atoms with Crippen molar-refractivity contribution in [3.63, 3.8) is 0 Å². The molecule has 2 N–H and O–H groups in total. The molecule has 1 atom stereocenters. The van der Waals surface area contributed by atoms with Crippen LogP contribution in [-0.2, 0) is 22.5 Å². The maximum atomic E-state index is 14.4. The minimum absolute atomic E-state index is 0.0377. The molecule has 0 aliphatic carbocycles. The molecule has 1 aliphatic heterocycles. The van der Waals surface area contributed by atoms with E-state index in [-0.39, 0.29) is 43.0 Å². The molecule has 16 heteroatoms. The van der Waals surface area contributed by atoms with E-state index in [1.165, 1.54) is 25.4 Å². The number of hydrogen-bond acceptors (Lipinski definition) is 8. The van der Waals surface area contributed by atoms with E-state index in [0.29, 0.717) is 39.1 Å². The number of amides is 1. The van der Waals surface area contributed by atoms with Crippen molar-refractivity contribution >= 4 is 34.7 Å². The average molecular weight is 566 g/mol. The fourth-order valence-corrected chi connectivity index (χ4v) is 4.33. The summed E-state index contributed by atoms with van der Waals surface area (Å²) >= 11 is 0. The molecule has 212 valence electrons. The molecule has 5 rings (SSSR count). The van der Waals surface area contributed by atoms with Crippen LogP contribution in [0.1, 0.15) is 30.6 Å². The Morgan fingerprint density at radius 3 is 2.62 bits per heavy atom. The van der Waals surface area contributed by atoms with Gasteiger partial charge < -0.3 is 24.7 Å². The number of hydrogen-bond donors (Lipinski definition) is 2. The second-order valence-corrected chi connectivity index (χ2v) is 9.15. The third kappa shape index (κ3) is 5.01. The van der Waals surface area contributed by atoms with Crippen LogP contribution in [0.25, 0.3) is 11.2 Å². The first-order valence-electron chi connectivity index (χ1n) is 12.0. The number of carbonyl (C=O) groups is 1. The molecule has 1 aliphatic rings. The molecule has 0 bridgehead atoms. The number of halogens is 5. The fraction of sp³-hybridized carbons (Fsp3) is 0.375. The van der Waals surface area contributed by atoms with Gasteiger partial charge in [0.2, 0.25) is 11.9 Å². The van der Waals surface area contributed by atoms with Gasteiger partial charge in [-0.1, -0.05) is 0 Å². The third-order valence-electron chi connectivity index (χ3n) is 6.27. The number of nitrogens with one attached hydrogen (secondary N) is 2. The highest BCUT2D eigenvalue weighted by molar-refractivity contribution is 5.87. The van der Waals surface area contributed by atoms with Crippen LogP contribution in [0.4, 0.5) is 39.5 Å². The van der Waals surface area contributed by atoms with Gasteiger partial charge in [0.05, 0.1) is 24.4 Å². The van der Waals surface area contributed by atoms with Crippen molar-refractivity contribution in [3.05, 3.63) is 41.9 Å². The van der Waals surface area contributed by atoms with E-state index in [1.807, 2.05) is 0 Å². The highest BCUT2D eigenvalue weighted by atomic mass is 19.4. The quantitative estimate of drug-likeness (QED) is 0.301. The SMILES string of the molecule is CC(=O)Nc1cc(Oc2cnc3nc(Nc4cc(C(F)(F)C(F)(F)F)n([C@@H]5CCOC5)n4)n(C)c3c2C)ccn1. The Morgan fingerprint density at radius 2 is 1.95 bits per heavy atom. The smallest absolute Gasteiger partial charge is 0.455 e. The molecule has 1 saturated heterocycles. The Hall–Kier alpha value is -4.34. The molecule has 0 spiro atoms. The lowest BCUT2D eigenvalue weighted by Crippen LogP contribution is -2.36. The van der Waals surface area contributed by atoms with Gasteiger partial charge in [-0.05, 0) is 19.4 Å².